The highest BCUT2D eigenvalue weighted by atomic mass is 16.5. The Morgan fingerprint density at radius 1 is 1.24 bits per heavy atom. The molecule has 0 aromatic carbocycles. The maximum atomic E-state index is 12.6. The van der Waals surface area contributed by atoms with E-state index in [0.717, 1.165) is 64.7 Å². The zero-order valence-corrected chi connectivity index (χ0v) is 14.9. The van der Waals surface area contributed by atoms with Gasteiger partial charge in [0, 0.05) is 38.4 Å². The number of ether oxygens (including phenoxy) is 2. The average molecular weight is 344 g/mol. The highest BCUT2D eigenvalue weighted by molar-refractivity contribution is 5.92. The molecule has 4 rings (SSSR count). The van der Waals surface area contributed by atoms with Crippen molar-refractivity contribution in [1.29, 1.82) is 0 Å². The number of carbonyl (C=O) groups excluding carboxylic acids is 1. The van der Waals surface area contributed by atoms with E-state index < -0.39 is 0 Å². The smallest absolute Gasteiger partial charge is 0.272 e. The fraction of sp³-hybridized carbons (Fsp3) is 0.700. The number of piperidine rings is 1. The van der Waals surface area contributed by atoms with Crippen molar-refractivity contribution in [2.24, 2.45) is 17.3 Å². The van der Waals surface area contributed by atoms with E-state index >= 15 is 0 Å². The molecule has 3 fully saturated rings. The first-order valence-corrected chi connectivity index (χ1v) is 9.63. The Morgan fingerprint density at radius 3 is 2.80 bits per heavy atom. The van der Waals surface area contributed by atoms with Gasteiger partial charge in [-0.1, -0.05) is 6.07 Å². The summed E-state index contributed by atoms with van der Waals surface area (Å²) in [6.45, 7) is 5.00. The minimum atomic E-state index is 0.0593. The van der Waals surface area contributed by atoms with Crippen molar-refractivity contribution in [3.63, 3.8) is 0 Å². The van der Waals surface area contributed by atoms with Gasteiger partial charge < -0.3 is 14.4 Å². The van der Waals surface area contributed by atoms with Crippen LogP contribution in [0, 0.1) is 17.3 Å². The highest BCUT2D eigenvalue weighted by Gasteiger charge is 2.44. The fourth-order valence-electron chi connectivity index (χ4n) is 4.23. The van der Waals surface area contributed by atoms with Gasteiger partial charge in [-0.05, 0) is 55.6 Å². The first-order chi connectivity index (χ1) is 12.3. The van der Waals surface area contributed by atoms with Crippen LogP contribution in [0.15, 0.2) is 24.4 Å². The quantitative estimate of drug-likeness (QED) is 0.824. The van der Waals surface area contributed by atoms with E-state index in [1.54, 1.807) is 12.3 Å². The van der Waals surface area contributed by atoms with Crippen LogP contribution in [0.2, 0.25) is 0 Å². The number of carbonyl (C=O) groups is 1. The lowest BCUT2D eigenvalue weighted by atomic mass is 9.66. The Hall–Kier alpha value is -1.46. The summed E-state index contributed by atoms with van der Waals surface area (Å²) in [6.07, 6.45) is 7.53. The van der Waals surface area contributed by atoms with Crippen LogP contribution >= 0.6 is 0 Å². The molecular formula is C20H28N2O3. The third-order valence-corrected chi connectivity index (χ3v) is 6.23. The SMILES string of the molecule is O=C(c1ccccn1)N1CCC2(CCOC[C@@H]2COCC2CC2)CC1. The minimum absolute atomic E-state index is 0.0593. The first-order valence-electron chi connectivity index (χ1n) is 9.63. The van der Waals surface area contributed by atoms with E-state index in [-0.39, 0.29) is 11.3 Å². The third-order valence-electron chi connectivity index (χ3n) is 6.23. The lowest BCUT2D eigenvalue weighted by molar-refractivity contribution is -0.0976. The van der Waals surface area contributed by atoms with Gasteiger partial charge in [0.15, 0.2) is 0 Å². The lowest BCUT2D eigenvalue weighted by Gasteiger charge is -2.49. The van der Waals surface area contributed by atoms with E-state index in [0.29, 0.717) is 11.6 Å². The summed E-state index contributed by atoms with van der Waals surface area (Å²) in [6, 6.07) is 5.52. The van der Waals surface area contributed by atoms with Crippen molar-refractivity contribution in [3.8, 4) is 0 Å². The largest absolute Gasteiger partial charge is 0.381 e. The Labute approximate surface area is 149 Å². The van der Waals surface area contributed by atoms with Gasteiger partial charge in [-0.3, -0.25) is 9.78 Å². The molecule has 1 amide bonds. The standard InChI is InChI=1S/C20H28N2O3/c23-19(18-3-1-2-9-21-18)22-10-6-20(7-11-22)8-12-24-14-17(20)15-25-13-16-4-5-16/h1-3,9,16-17H,4-8,10-15H2/t17-/m1/s1. The molecule has 5 nitrogen and oxygen atoms in total. The maximum absolute atomic E-state index is 12.6. The normalized spacial score (nSPS) is 25.9. The van der Waals surface area contributed by atoms with Crippen LogP contribution in [0.3, 0.4) is 0 Å². The summed E-state index contributed by atoms with van der Waals surface area (Å²) in [5.41, 5.74) is 0.831. The average Bonchev–Trinajstić information content (AvgIpc) is 3.49. The van der Waals surface area contributed by atoms with Crippen molar-refractivity contribution in [1.82, 2.24) is 9.88 Å². The molecule has 3 heterocycles. The Bertz CT molecular complexity index is 580. The molecule has 0 N–H and O–H groups in total. The number of amides is 1. The molecule has 3 aliphatic rings. The summed E-state index contributed by atoms with van der Waals surface area (Å²) in [5.74, 6) is 1.33. The molecular weight excluding hydrogens is 316 g/mol. The molecule has 1 aliphatic carbocycles. The van der Waals surface area contributed by atoms with Gasteiger partial charge in [-0.15, -0.1) is 0 Å². The second-order valence-corrected chi connectivity index (χ2v) is 7.87. The molecule has 1 spiro atoms. The molecule has 1 aromatic heterocycles. The van der Waals surface area contributed by atoms with Gasteiger partial charge in [0.05, 0.1) is 13.2 Å². The molecule has 136 valence electrons. The van der Waals surface area contributed by atoms with Crippen LogP contribution in [-0.2, 0) is 9.47 Å². The van der Waals surface area contributed by atoms with Gasteiger partial charge in [-0.2, -0.15) is 0 Å². The summed E-state index contributed by atoms with van der Waals surface area (Å²) in [7, 11) is 0. The molecule has 1 atom stereocenters. The minimum Gasteiger partial charge on any atom is -0.381 e. The van der Waals surface area contributed by atoms with E-state index in [1.807, 2.05) is 17.0 Å². The zero-order valence-electron chi connectivity index (χ0n) is 14.9. The van der Waals surface area contributed by atoms with Gasteiger partial charge in [0.2, 0.25) is 0 Å². The second kappa shape index (κ2) is 7.42. The van der Waals surface area contributed by atoms with E-state index in [9.17, 15) is 4.79 Å². The number of pyridine rings is 1. The van der Waals surface area contributed by atoms with Gasteiger partial charge in [-0.25, -0.2) is 0 Å². The Morgan fingerprint density at radius 2 is 2.08 bits per heavy atom. The number of hydrogen-bond donors (Lipinski definition) is 0. The number of aromatic nitrogens is 1. The highest BCUT2D eigenvalue weighted by Crippen LogP contribution is 2.45. The molecule has 2 saturated heterocycles. The molecule has 2 aliphatic heterocycles. The topological polar surface area (TPSA) is 51.7 Å². The van der Waals surface area contributed by atoms with Crippen LogP contribution in [0.1, 0.15) is 42.6 Å². The Kier molecular flexibility index (Phi) is 5.04. The van der Waals surface area contributed by atoms with Crippen LogP contribution < -0.4 is 0 Å². The molecule has 0 unspecified atom stereocenters. The number of likely N-dealkylation sites (tertiary alicyclic amines) is 1. The van der Waals surface area contributed by atoms with Crippen molar-refractivity contribution in [2.45, 2.75) is 32.1 Å². The van der Waals surface area contributed by atoms with Crippen molar-refractivity contribution < 1.29 is 14.3 Å². The summed E-state index contributed by atoms with van der Waals surface area (Å²) < 4.78 is 11.8. The van der Waals surface area contributed by atoms with Crippen LogP contribution in [0.5, 0.6) is 0 Å². The predicted octanol–water partition coefficient (Wildman–Crippen LogP) is 2.77. The fourth-order valence-corrected chi connectivity index (χ4v) is 4.23. The molecule has 25 heavy (non-hydrogen) atoms. The molecule has 5 heteroatoms. The second-order valence-electron chi connectivity index (χ2n) is 7.87. The number of rotatable bonds is 5. The Balaban J connectivity index is 1.35. The zero-order chi connectivity index (χ0) is 17.1. The predicted molar refractivity (Wildman–Crippen MR) is 94.3 cm³/mol. The van der Waals surface area contributed by atoms with Gasteiger partial charge >= 0.3 is 0 Å². The third kappa shape index (κ3) is 3.87. The van der Waals surface area contributed by atoms with Gasteiger partial charge in [0.25, 0.3) is 5.91 Å². The van der Waals surface area contributed by atoms with Crippen molar-refractivity contribution in [2.75, 3.05) is 39.5 Å². The van der Waals surface area contributed by atoms with Crippen molar-refractivity contribution in [3.05, 3.63) is 30.1 Å². The maximum Gasteiger partial charge on any atom is 0.272 e. The van der Waals surface area contributed by atoms with E-state index in [1.165, 1.54) is 12.8 Å². The van der Waals surface area contributed by atoms with E-state index in [2.05, 4.69) is 4.98 Å². The lowest BCUT2D eigenvalue weighted by Crippen LogP contribution is -2.50. The van der Waals surface area contributed by atoms with E-state index in [4.69, 9.17) is 9.47 Å². The summed E-state index contributed by atoms with van der Waals surface area (Å²) >= 11 is 0. The summed E-state index contributed by atoms with van der Waals surface area (Å²) in [5, 5.41) is 0. The number of nitrogens with zero attached hydrogens (tertiary/aromatic N) is 2. The first kappa shape index (κ1) is 17.0. The van der Waals surface area contributed by atoms with Crippen LogP contribution in [0.25, 0.3) is 0 Å². The molecule has 1 saturated carbocycles. The molecule has 1 aromatic rings. The van der Waals surface area contributed by atoms with Crippen molar-refractivity contribution >= 4 is 5.91 Å². The van der Waals surface area contributed by atoms with Crippen LogP contribution in [0.4, 0.5) is 0 Å². The van der Waals surface area contributed by atoms with Crippen LogP contribution in [-0.4, -0.2) is 55.3 Å². The molecule has 0 radical (unpaired) electrons. The van der Waals surface area contributed by atoms with Gasteiger partial charge in [0.1, 0.15) is 5.69 Å². The monoisotopic (exact) mass is 344 g/mol. The number of hydrogen-bond acceptors (Lipinski definition) is 4. The summed E-state index contributed by atoms with van der Waals surface area (Å²) in [4.78, 5) is 18.8. The molecule has 0 bridgehead atoms.